The van der Waals surface area contributed by atoms with Crippen molar-refractivity contribution in [2.75, 3.05) is 0 Å². The zero-order valence-corrected chi connectivity index (χ0v) is 12.2. The van der Waals surface area contributed by atoms with E-state index in [1.54, 1.807) is 0 Å². The summed E-state index contributed by atoms with van der Waals surface area (Å²) in [7, 11) is 0. The van der Waals surface area contributed by atoms with Crippen molar-refractivity contribution in [3.05, 3.63) is 21.0 Å². The van der Waals surface area contributed by atoms with Crippen LogP contribution in [-0.2, 0) is 11.2 Å². The lowest BCUT2D eigenvalue weighted by Gasteiger charge is -2.26. The van der Waals surface area contributed by atoms with E-state index in [2.05, 4.69) is 44.1 Å². The molecule has 2 heterocycles. The summed E-state index contributed by atoms with van der Waals surface area (Å²) in [6.07, 6.45) is 3.18. The van der Waals surface area contributed by atoms with Crippen molar-refractivity contribution >= 4 is 37.8 Å². The number of carbonyl (C=O) groups is 1. The molecular weight excluding hydrogens is 338 g/mol. The molecule has 2 rings (SSSR count). The maximum Gasteiger partial charge on any atom is 0.220 e. The van der Waals surface area contributed by atoms with Gasteiger partial charge in [-0.1, -0.05) is 6.92 Å². The van der Waals surface area contributed by atoms with Crippen LogP contribution in [0.3, 0.4) is 0 Å². The van der Waals surface area contributed by atoms with E-state index in [0.29, 0.717) is 11.1 Å². The minimum Gasteiger partial charge on any atom is -0.453 e. The molecule has 1 aromatic rings. The molecule has 88 valence electrons. The van der Waals surface area contributed by atoms with Crippen LogP contribution in [0.5, 0.6) is 0 Å². The van der Waals surface area contributed by atoms with Gasteiger partial charge in [0.15, 0.2) is 4.67 Å². The lowest BCUT2D eigenvalue weighted by atomic mass is 9.89. The second kappa shape index (κ2) is 4.53. The van der Waals surface area contributed by atoms with E-state index in [4.69, 9.17) is 4.42 Å². The SMILES string of the molecule is CCC1(Cc2cc(Br)c(Br)o2)CCC(=O)N1. The largest absolute Gasteiger partial charge is 0.453 e. The number of nitrogens with one attached hydrogen (secondary N) is 1. The highest BCUT2D eigenvalue weighted by Crippen LogP contribution is 2.32. The van der Waals surface area contributed by atoms with E-state index < -0.39 is 0 Å². The van der Waals surface area contributed by atoms with Crippen LogP contribution in [0.25, 0.3) is 0 Å². The van der Waals surface area contributed by atoms with Crippen LogP contribution in [0, 0.1) is 0 Å². The Kier molecular flexibility index (Phi) is 3.45. The zero-order chi connectivity index (χ0) is 11.8. The molecular formula is C11H13Br2NO2. The van der Waals surface area contributed by atoms with E-state index >= 15 is 0 Å². The topological polar surface area (TPSA) is 42.2 Å². The Morgan fingerprint density at radius 1 is 1.56 bits per heavy atom. The first kappa shape index (κ1) is 12.2. The predicted octanol–water partition coefficient (Wildman–Crippen LogP) is 3.41. The smallest absolute Gasteiger partial charge is 0.220 e. The Hall–Kier alpha value is -0.290. The first-order valence-electron chi connectivity index (χ1n) is 5.29. The van der Waals surface area contributed by atoms with Gasteiger partial charge in [-0.3, -0.25) is 4.79 Å². The fraction of sp³-hybridized carbons (Fsp3) is 0.545. The van der Waals surface area contributed by atoms with Crippen LogP contribution in [-0.4, -0.2) is 11.4 Å². The van der Waals surface area contributed by atoms with Crippen LogP contribution in [0.15, 0.2) is 19.6 Å². The molecule has 0 bridgehead atoms. The van der Waals surface area contributed by atoms with Crippen molar-refractivity contribution in [2.24, 2.45) is 0 Å². The molecule has 0 aliphatic carbocycles. The quantitative estimate of drug-likeness (QED) is 0.907. The van der Waals surface area contributed by atoms with E-state index in [-0.39, 0.29) is 11.4 Å². The van der Waals surface area contributed by atoms with E-state index in [0.717, 1.165) is 29.5 Å². The number of rotatable bonds is 3. The fourth-order valence-corrected chi connectivity index (χ4v) is 2.77. The monoisotopic (exact) mass is 349 g/mol. The van der Waals surface area contributed by atoms with Gasteiger partial charge < -0.3 is 9.73 Å². The second-order valence-corrected chi connectivity index (χ2v) is 5.77. The first-order chi connectivity index (χ1) is 7.54. The highest BCUT2D eigenvalue weighted by atomic mass is 79.9. The molecule has 16 heavy (non-hydrogen) atoms. The summed E-state index contributed by atoms with van der Waals surface area (Å²) in [5, 5.41) is 3.06. The normalized spacial score (nSPS) is 24.8. The Balaban J connectivity index is 2.16. The third-order valence-electron chi connectivity index (χ3n) is 3.12. The highest BCUT2D eigenvalue weighted by Gasteiger charge is 2.37. The maximum absolute atomic E-state index is 11.3. The molecule has 1 aromatic heterocycles. The van der Waals surface area contributed by atoms with Gasteiger partial charge in [-0.15, -0.1) is 0 Å². The van der Waals surface area contributed by atoms with Crippen LogP contribution in [0.4, 0.5) is 0 Å². The van der Waals surface area contributed by atoms with Gasteiger partial charge in [0.25, 0.3) is 0 Å². The molecule has 1 aliphatic heterocycles. The minimum atomic E-state index is -0.117. The highest BCUT2D eigenvalue weighted by molar-refractivity contribution is 9.13. The average molecular weight is 351 g/mol. The lowest BCUT2D eigenvalue weighted by molar-refractivity contribution is -0.119. The van der Waals surface area contributed by atoms with Gasteiger partial charge in [0, 0.05) is 18.4 Å². The fourth-order valence-electron chi connectivity index (χ4n) is 2.11. The standard InChI is InChI=1S/C11H13Br2NO2/c1-2-11(4-3-9(15)14-11)6-7-5-8(12)10(13)16-7/h5H,2-4,6H2,1H3,(H,14,15). The molecule has 0 aromatic carbocycles. The third-order valence-corrected chi connectivity index (χ3v) is 4.83. The molecule has 1 aliphatic rings. The molecule has 0 radical (unpaired) electrons. The van der Waals surface area contributed by atoms with Gasteiger partial charge >= 0.3 is 0 Å². The molecule has 3 nitrogen and oxygen atoms in total. The van der Waals surface area contributed by atoms with Crippen LogP contribution < -0.4 is 5.32 Å². The van der Waals surface area contributed by atoms with Crippen molar-refractivity contribution in [2.45, 2.75) is 38.1 Å². The minimum absolute atomic E-state index is 0.117. The Labute approximate surface area is 111 Å². The van der Waals surface area contributed by atoms with Gasteiger partial charge in [-0.2, -0.15) is 0 Å². The van der Waals surface area contributed by atoms with Crippen molar-refractivity contribution in [1.82, 2.24) is 5.32 Å². The zero-order valence-electron chi connectivity index (χ0n) is 8.98. The molecule has 1 atom stereocenters. The summed E-state index contributed by atoms with van der Waals surface area (Å²) >= 11 is 6.70. The summed E-state index contributed by atoms with van der Waals surface area (Å²) in [4.78, 5) is 11.3. The van der Waals surface area contributed by atoms with Crippen molar-refractivity contribution in [1.29, 1.82) is 0 Å². The Morgan fingerprint density at radius 3 is 2.75 bits per heavy atom. The molecule has 1 saturated heterocycles. The second-order valence-electron chi connectivity index (χ2n) is 4.19. The summed E-state index contributed by atoms with van der Waals surface area (Å²) in [5.41, 5.74) is -0.117. The molecule has 1 fully saturated rings. The average Bonchev–Trinajstić information content (AvgIpc) is 2.73. The molecule has 0 saturated carbocycles. The summed E-state index contributed by atoms with van der Waals surface area (Å²) in [6, 6.07) is 1.95. The summed E-state index contributed by atoms with van der Waals surface area (Å²) < 4.78 is 7.18. The van der Waals surface area contributed by atoms with Crippen LogP contribution in [0.1, 0.15) is 31.9 Å². The summed E-state index contributed by atoms with van der Waals surface area (Å²) in [5.74, 6) is 1.04. The number of hydrogen-bond donors (Lipinski definition) is 1. The number of halogens is 2. The van der Waals surface area contributed by atoms with Gasteiger partial charge in [0.2, 0.25) is 5.91 Å². The van der Waals surface area contributed by atoms with Gasteiger partial charge in [-0.05, 0) is 50.8 Å². The molecule has 5 heteroatoms. The van der Waals surface area contributed by atoms with Gasteiger partial charge in [-0.25, -0.2) is 0 Å². The van der Waals surface area contributed by atoms with Gasteiger partial charge in [0.1, 0.15) is 5.76 Å². The third kappa shape index (κ3) is 2.35. The van der Waals surface area contributed by atoms with Crippen molar-refractivity contribution in [3.8, 4) is 0 Å². The lowest BCUT2D eigenvalue weighted by Crippen LogP contribution is -2.42. The number of furan rings is 1. The molecule has 1 N–H and O–H groups in total. The molecule has 1 amide bonds. The van der Waals surface area contributed by atoms with E-state index in [1.165, 1.54) is 0 Å². The first-order valence-corrected chi connectivity index (χ1v) is 6.88. The number of amides is 1. The summed E-state index contributed by atoms with van der Waals surface area (Å²) in [6.45, 7) is 2.10. The predicted molar refractivity (Wildman–Crippen MR) is 68.2 cm³/mol. The molecule has 1 unspecified atom stereocenters. The van der Waals surface area contributed by atoms with Gasteiger partial charge in [0.05, 0.1) is 4.47 Å². The number of hydrogen-bond acceptors (Lipinski definition) is 2. The Morgan fingerprint density at radius 2 is 2.31 bits per heavy atom. The van der Waals surface area contributed by atoms with Crippen molar-refractivity contribution < 1.29 is 9.21 Å². The van der Waals surface area contributed by atoms with Crippen LogP contribution >= 0.6 is 31.9 Å². The number of carbonyl (C=O) groups excluding carboxylic acids is 1. The molecule has 0 spiro atoms. The van der Waals surface area contributed by atoms with E-state index in [1.807, 2.05) is 6.07 Å². The maximum atomic E-state index is 11.3. The van der Waals surface area contributed by atoms with Crippen LogP contribution in [0.2, 0.25) is 0 Å². The van der Waals surface area contributed by atoms with E-state index in [9.17, 15) is 4.79 Å². The Bertz CT molecular complexity index is 397. The van der Waals surface area contributed by atoms with Crippen molar-refractivity contribution in [3.63, 3.8) is 0 Å².